The van der Waals surface area contributed by atoms with E-state index in [9.17, 15) is 31.5 Å². The van der Waals surface area contributed by atoms with Crippen LogP contribution in [0.5, 0.6) is 0 Å². The van der Waals surface area contributed by atoms with Crippen molar-refractivity contribution in [1.82, 2.24) is 19.4 Å². The van der Waals surface area contributed by atoms with Crippen LogP contribution in [0.15, 0.2) is 47.8 Å². The molecule has 0 saturated heterocycles. The fourth-order valence-corrected chi connectivity index (χ4v) is 5.05. The molecule has 0 radical (unpaired) electrons. The summed E-state index contributed by atoms with van der Waals surface area (Å²) < 4.78 is 71.7. The second kappa shape index (κ2) is 9.88. The van der Waals surface area contributed by atoms with Gasteiger partial charge in [-0.2, -0.15) is 0 Å². The number of fused-ring (bicyclic) bond motifs is 1. The van der Waals surface area contributed by atoms with E-state index in [1.807, 2.05) is 4.57 Å². The van der Waals surface area contributed by atoms with Crippen LogP contribution in [0.3, 0.4) is 0 Å². The molecule has 0 bridgehead atoms. The summed E-state index contributed by atoms with van der Waals surface area (Å²) in [5, 5.41) is 5.77. The quantitative estimate of drug-likeness (QED) is 0.383. The Morgan fingerprint density at radius 2 is 1.92 bits per heavy atom. The van der Waals surface area contributed by atoms with Crippen LogP contribution in [-0.2, 0) is 12.1 Å². The van der Waals surface area contributed by atoms with Crippen molar-refractivity contribution in [3.05, 3.63) is 81.5 Å². The SMILES string of the molecule is C[C@@H](NC(=O)c1cn(C2(C(F)F)CC2)c(=O)cc1N[C@@H]1CCCn2cncc21)c1cccc(C(F)F)c1F. The van der Waals surface area contributed by atoms with Crippen molar-refractivity contribution in [2.24, 2.45) is 0 Å². The van der Waals surface area contributed by atoms with E-state index in [1.54, 1.807) is 12.5 Å². The lowest BCUT2D eigenvalue weighted by Crippen LogP contribution is -2.37. The molecule has 1 aliphatic heterocycles. The molecule has 202 valence electrons. The van der Waals surface area contributed by atoms with Crippen molar-refractivity contribution in [2.75, 3.05) is 5.32 Å². The summed E-state index contributed by atoms with van der Waals surface area (Å²) in [7, 11) is 0. The number of aryl methyl sites for hydroxylation is 1. The van der Waals surface area contributed by atoms with Crippen molar-refractivity contribution in [3.8, 4) is 0 Å². The number of hydrogen-bond donors (Lipinski definition) is 2. The molecule has 3 aromatic rings. The number of nitrogens with zero attached hydrogens (tertiary/aromatic N) is 3. The molecule has 0 unspecified atom stereocenters. The molecule has 5 rings (SSSR count). The van der Waals surface area contributed by atoms with Gasteiger partial charge in [0.15, 0.2) is 0 Å². The third-order valence-electron chi connectivity index (χ3n) is 7.38. The van der Waals surface area contributed by atoms with E-state index >= 15 is 0 Å². The number of carbonyl (C=O) groups excluding carboxylic acids is 1. The minimum Gasteiger partial charge on any atom is -0.376 e. The van der Waals surface area contributed by atoms with Crippen LogP contribution >= 0.6 is 0 Å². The second-order valence-corrected chi connectivity index (χ2v) is 9.81. The van der Waals surface area contributed by atoms with Gasteiger partial charge in [-0.05, 0) is 32.6 Å². The first-order valence-corrected chi connectivity index (χ1v) is 12.3. The van der Waals surface area contributed by atoms with E-state index in [1.165, 1.54) is 19.1 Å². The molecule has 1 amide bonds. The maximum atomic E-state index is 14.7. The van der Waals surface area contributed by atoms with Crippen LogP contribution in [0.4, 0.5) is 27.6 Å². The summed E-state index contributed by atoms with van der Waals surface area (Å²) in [4.78, 5) is 30.6. The van der Waals surface area contributed by atoms with Gasteiger partial charge >= 0.3 is 0 Å². The number of imidazole rings is 1. The topological polar surface area (TPSA) is 81.0 Å². The van der Waals surface area contributed by atoms with Gasteiger partial charge in [-0.3, -0.25) is 9.59 Å². The average Bonchev–Trinajstić information content (AvgIpc) is 3.53. The molecule has 1 aromatic carbocycles. The van der Waals surface area contributed by atoms with Gasteiger partial charge in [0, 0.05) is 24.4 Å². The molecule has 1 fully saturated rings. The molecule has 2 atom stereocenters. The zero-order valence-corrected chi connectivity index (χ0v) is 20.4. The van der Waals surface area contributed by atoms with E-state index in [4.69, 9.17) is 0 Å². The molecule has 7 nitrogen and oxygen atoms in total. The predicted octanol–water partition coefficient (Wildman–Crippen LogP) is 5.31. The smallest absolute Gasteiger partial charge is 0.266 e. The first kappa shape index (κ1) is 25.9. The summed E-state index contributed by atoms with van der Waals surface area (Å²) in [5.41, 5.74) is -2.43. The second-order valence-electron chi connectivity index (χ2n) is 9.81. The van der Waals surface area contributed by atoms with Crippen LogP contribution in [-0.4, -0.2) is 26.5 Å². The fraction of sp³-hybridized carbons (Fsp3) is 0.423. The van der Waals surface area contributed by atoms with Gasteiger partial charge in [0.25, 0.3) is 24.3 Å². The first-order valence-electron chi connectivity index (χ1n) is 12.3. The van der Waals surface area contributed by atoms with Crippen molar-refractivity contribution in [2.45, 2.75) is 69.6 Å². The number of hydrogen-bond acceptors (Lipinski definition) is 4. The Bertz CT molecular complexity index is 1420. The Labute approximate surface area is 214 Å². The van der Waals surface area contributed by atoms with Gasteiger partial charge in [0.2, 0.25) is 0 Å². The van der Waals surface area contributed by atoms with Crippen LogP contribution in [0.1, 0.15) is 78.3 Å². The van der Waals surface area contributed by atoms with E-state index in [2.05, 4.69) is 15.6 Å². The van der Waals surface area contributed by atoms with Crippen molar-refractivity contribution in [3.63, 3.8) is 0 Å². The van der Waals surface area contributed by atoms with Gasteiger partial charge in [-0.1, -0.05) is 18.2 Å². The van der Waals surface area contributed by atoms with Crippen molar-refractivity contribution in [1.29, 1.82) is 0 Å². The third kappa shape index (κ3) is 4.56. The van der Waals surface area contributed by atoms with Gasteiger partial charge in [-0.25, -0.2) is 26.9 Å². The first-order chi connectivity index (χ1) is 18.1. The number of benzene rings is 1. The van der Waals surface area contributed by atoms with Gasteiger partial charge < -0.3 is 19.8 Å². The van der Waals surface area contributed by atoms with Crippen LogP contribution in [0.25, 0.3) is 0 Å². The number of nitrogens with one attached hydrogen (secondary N) is 2. The molecule has 2 aliphatic rings. The van der Waals surface area contributed by atoms with Crippen LogP contribution in [0, 0.1) is 5.82 Å². The molecular formula is C26H26F5N5O2. The number of anilines is 1. The van der Waals surface area contributed by atoms with Crippen molar-refractivity contribution >= 4 is 11.6 Å². The summed E-state index contributed by atoms with van der Waals surface area (Å²) in [6.07, 6.45) is 0.275. The normalized spacial score (nSPS) is 18.8. The molecule has 38 heavy (non-hydrogen) atoms. The summed E-state index contributed by atoms with van der Waals surface area (Å²) in [6, 6.07) is 3.30. The Morgan fingerprint density at radius 1 is 1.18 bits per heavy atom. The fourth-order valence-electron chi connectivity index (χ4n) is 5.05. The average molecular weight is 536 g/mol. The van der Waals surface area contributed by atoms with Gasteiger partial charge in [0.1, 0.15) is 11.4 Å². The number of halogens is 5. The lowest BCUT2D eigenvalue weighted by Gasteiger charge is -2.28. The highest BCUT2D eigenvalue weighted by Crippen LogP contribution is 2.48. The highest BCUT2D eigenvalue weighted by molar-refractivity contribution is 5.99. The molecular weight excluding hydrogens is 509 g/mol. The number of pyridine rings is 1. The standard InChI is InChI=1S/C26H26F5N5O2/c1-14(15-4-2-5-16(22(15)27)23(28)29)33-24(38)17-12-36(26(7-8-26)25(30)31)21(37)10-19(17)34-18-6-3-9-35-13-32-11-20(18)35/h2,4-5,10-14,18,23,25,34H,3,6-9H2,1H3,(H,33,38)/t14-,18-/m1/s1. The Balaban J connectivity index is 1.51. The summed E-state index contributed by atoms with van der Waals surface area (Å²) in [6.45, 7) is 2.19. The molecule has 2 N–H and O–H groups in total. The molecule has 1 aliphatic carbocycles. The lowest BCUT2D eigenvalue weighted by molar-refractivity contribution is 0.0648. The maximum absolute atomic E-state index is 14.7. The highest BCUT2D eigenvalue weighted by atomic mass is 19.3. The number of alkyl halides is 4. The molecule has 2 aromatic heterocycles. The predicted molar refractivity (Wildman–Crippen MR) is 129 cm³/mol. The van der Waals surface area contributed by atoms with Crippen LogP contribution < -0.4 is 16.2 Å². The van der Waals surface area contributed by atoms with E-state index in [-0.39, 0.29) is 35.7 Å². The Morgan fingerprint density at radius 3 is 2.61 bits per heavy atom. The molecule has 0 spiro atoms. The molecule has 12 heteroatoms. The largest absolute Gasteiger partial charge is 0.376 e. The molecule has 1 saturated carbocycles. The lowest BCUT2D eigenvalue weighted by atomic mass is 10.0. The summed E-state index contributed by atoms with van der Waals surface area (Å²) in [5.74, 6) is -1.91. The number of rotatable bonds is 8. The van der Waals surface area contributed by atoms with E-state index < -0.39 is 47.3 Å². The number of carbonyl (C=O) groups is 1. The number of amides is 1. The summed E-state index contributed by atoms with van der Waals surface area (Å²) >= 11 is 0. The zero-order chi connectivity index (χ0) is 27.2. The maximum Gasteiger partial charge on any atom is 0.266 e. The Kier molecular flexibility index (Phi) is 6.74. The third-order valence-corrected chi connectivity index (χ3v) is 7.38. The highest BCUT2D eigenvalue weighted by Gasteiger charge is 2.53. The van der Waals surface area contributed by atoms with Gasteiger partial charge in [0.05, 0.1) is 47.1 Å². The Hall–Kier alpha value is -3.70. The zero-order valence-electron chi connectivity index (χ0n) is 20.4. The minimum atomic E-state index is -3.04. The van der Waals surface area contributed by atoms with E-state index in [0.29, 0.717) is 6.42 Å². The van der Waals surface area contributed by atoms with E-state index in [0.717, 1.165) is 41.6 Å². The minimum absolute atomic E-state index is 0.0856. The van der Waals surface area contributed by atoms with Crippen LogP contribution in [0.2, 0.25) is 0 Å². The van der Waals surface area contributed by atoms with Gasteiger partial charge in [-0.15, -0.1) is 0 Å². The monoisotopic (exact) mass is 535 g/mol. The van der Waals surface area contributed by atoms with Crippen molar-refractivity contribution < 1.29 is 26.7 Å². The number of aromatic nitrogens is 3. The molecule has 3 heterocycles.